The van der Waals surface area contributed by atoms with Crippen molar-refractivity contribution in [2.24, 2.45) is 5.41 Å². The first-order valence-corrected chi connectivity index (χ1v) is 7.29. The molecule has 2 atom stereocenters. The summed E-state index contributed by atoms with van der Waals surface area (Å²) >= 11 is 5.98. The number of rotatable bonds is 4. The summed E-state index contributed by atoms with van der Waals surface area (Å²) in [5.74, 6) is -1.28. The number of nitrogens with zero attached hydrogens (tertiary/aromatic N) is 1. The molecule has 114 valence electrons. The third kappa shape index (κ3) is 2.53. The molecule has 1 saturated heterocycles. The SMILES string of the molecule is CC1(C(=O)O)COCC1NC(=O)c1cc(Cl)cn1C1CC1. The van der Waals surface area contributed by atoms with Gasteiger partial charge in [-0.3, -0.25) is 9.59 Å². The molecule has 2 heterocycles. The summed E-state index contributed by atoms with van der Waals surface area (Å²) in [4.78, 5) is 23.8. The summed E-state index contributed by atoms with van der Waals surface area (Å²) in [6.07, 6.45) is 3.81. The molecule has 0 aromatic carbocycles. The van der Waals surface area contributed by atoms with Crippen LogP contribution in [0.4, 0.5) is 0 Å². The van der Waals surface area contributed by atoms with Crippen LogP contribution >= 0.6 is 11.6 Å². The molecule has 7 heteroatoms. The number of amides is 1. The molecule has 6 nitrogen and oxygen atoms in total. The lowest BCUT2D eigenvalue weighted by atomic mass is 9.85. The van der Waals surface area contributed by atoms with E-state index >= 15 is 0 Å². The number of hydrogen-bond acceptors (Lipinski definition) is 3. The predicted octanol–water partition coefficient (Wildman–Crippen LogP) is 1.70. The molecule has 2 fully saturated rings. The van der Waals surface area contributed by atoms with E-state index in [4.69, 9.17) is 16.3 Å². The lowest BCUT2D eigenvalue weighted by Gasteiger charge is -2.25. The van der Waals surface area contributed by atoms with Gasteiger partial charge in [0.05, 0.1) is 24.3 Å². The van der Waals surface area contributed by atoms with Crippen molar-refractivity contribution in [2.75, 3.05) is 13.2 Å². The van der Waals surface area contributed by atoms with E-state index < -0.39 is 17.4 Å². The number of nitrogens with one attached hydrogen (secondary N) is 1. The largest absolute Gasteiger partial charge is 0.481 e. The number of ether oxygens (including phenoxy) is 1. The van der Waals surface area contributed by atoms with Crippen LogP contribution in [0.2, 0.25) is 5.02 Å². The number of carboxylic acids is 1. The van der Waals surface area contributed by atoms with Gasteiger partial charge in [-0.15, -0.1) is 0 Å². The topological polar surface area (TPSA) is 80.6 Å². The average Bonchev–Trinajstić information content (AvgIpc) is 3.10. The van der Waals surface area contributed by atoms with E-state index in [9.17, 15) is 14.7 Å². The molecule has 1 aliphatic heterocycles. The molecule has 2 N–H and O–H groups in total. The van der Waals surface area contributed by atoms with Crippen LogP contribution in [0.3, 0.4) is 0 Å². The van der Waals surface area contributed by atoms with Gasteiger partial charge >= 0.3 is 5.97 Å². The van der Waals surface area contributed by atoms with Crippen LogP contribution in [0.1, 0.15) is 36.3 Å². The van der Waals surface area contributed by atoms with Crippen molar-refractivity contribution in [3.05, 3.63) is 23.0 Å². The zero-order chi connectivity index (χ0) is 15.2. The highest BCUT2D eigenvalue weighted by Crippen LogP contribution is 2.37. The van der Waals surface area contributed by atoms with E-state index in [0.717, 1.165) is 12.8 Å². The molecule has 2 unspecified atom stereocenters. The maximum absolute atomic E-state index is 12.4. The molecule has 3 rings (SSSR count). The van der Waals surface area contributed by atoms with Crippen molar-refractivity contribution >= 4 is 23.5 Å². The number of halogens is 1. The Kier molecular flexibility index (Phi) is 3.45. The smallest absolute Gasteiger partial charge is 0.313 e. The fraction of sp³-hybridized carbons (Fsp3) is 0.571. The minimum absolute atomic E-state index is 0.0949. The standard InChI is InChI=1S/C14H17ClN2O4/c1-14(13(19)20)7-21-6-11(14)16-12(18)10-4-8(15)5-17(10)9-2-3-9/h4-5,9,11H,2-3,6-7H2,1H3,(H,16,18)(H,19,20). The first-order chi connectivity index (χ1) is 9.91. The van der Waals surface area contributed by atoms with Crippen LogP contribution in [0.25, 0.3) is 0 Å². The van der Waals surface area contributed by atoms with E-state index in [1.807, 2.05) is 4.57 Å². The Bertz CT molecular complexity index is 596. The predicted molar refractivity (Wildman–Crippen MR) is 75.5 cm³/mol. The molecule has 1 aromatic heterocycles. The lowest BCUT2D eigenvalue weighted by molar-refractivity contribution is -0.148. The van der Waals surface area contributed by atoms with E-state index in [2.05, 4.69) is 5.32 Å². The van der Waals surface area contributed by atoms with Gasteiger partial charge in [-0.2, -0.15) is 0 Å². The Morgan fingerprint density at radius 1 is 1.52 bits per heavy atom. The highest BCUT2D eigenvalue weighted by molar-refractivity contribution is 6.31. The Hall–Kier alpha value is -1.53. The Morgan fingerprint density at radius 3 is 2.86 bits per heavy atom. The first kappa shape index (κ1) is 14.4. The number of carbonyl (C=O) groups is 2. The second-order valence-electron chi connectivity index (χ2n) is 5.95. The number of carbonyl (C=O) groups excluding carboxylic acids is 1. The summed E-state index contributed by atoms with van der Waals surface area (Å²) < 4.78 is 7.10. The molecular formula is C14H17ClN2O4. The Labute approximate surface area is 127 Å². The van der Waals surface area contributed by atoms with Crippen molar-refractivity contribution in [1.82, 2.24) is 9.88 Å². The van der Waals surface area contributed by atoms with Crippen LogP contribution in [-0.4, -0.2) is 40.8 Å². The van der Waals surface area contributed by atoms with Crippen molar-refractivity contribution in [1.29, 1.82) is 0 Å². The Morgan fingerprint density at radius 2 is 2.24 bits per heavy atom. The van der Waals surface area contributed by atoms with Crippen molar-refractivity contribution < 1.29 is 19.4 Å². The second kappa shape index (κ2) is 5.03. The fourth-order valence-electron chi connectivity index (χ4n) is 2.60. The monoisotopic (exact) mass is 312 g/mol. The first-order valence-electron chi connectivity index (χ1n) is 6.91. The summed E-state index contributed by atoms with van der Waals surface area (Å²) in [5, 5.41) is 12.6. The number of aromatic nitrogens is 1. The highest BCUT2D eigenvalue weighted by Gasteiger charge is 2.47. The molecule has 2 aliphatic rings. The number of carboxylic acid groups (broad SMARTS) is 1. The van der Waals surface area contributed by atoms with E-state index in [0.29, 0.717) is 16.8 Å². The van der Waals surface area contributed by atoms with Crippen LogP contribution in [-0.2, 0) is 9.53 Å². The summed E-state index contributed by atoms with van der Waals surface area (Å²) in [6, 6.07) is 1.39. The van der Waals surface area contributed by atoms with Crippen LogP contribution in [0.15, 0.2) is 12.3 Å². The second-order valence-corrected chi connectivity index (χ2v) is 6.38. The summed E-state index contributed by atoms with van der Waals surface area (Å²) in [7, 11) is 0. The number of aliphatic carboxylic acids is 1. The normalized spacial score (nSPS) is 28.6. The van der Waals surface area contributed by atoms with Gasteiger partial charge in [0.1, 0.15) is 11.1 Å². The lowest BCUT2D eigenvalue weighted by Crippen LogP contribution is -2.50. The number of hydrogen-bond donors (Lipinski definition) is 2. The van der Waals surface area contributed by atoms with Gasteiger partial charge in [-0.25, -0.2) is 0 Å². The zero-order valence-electron chi connectivity index (χ0n) is 11.6. The van der Waals surface area contributed by atoms with Gasteiger partial charge in [0, 0.05) is 12.2 Å². The quantitative estimate of drug-likeness (QED) is 0.886. The molecule has 0 radical (unpaired) electrons. The molecule has 1 aliphatic carbocycles. The summed E-state index contributed by atoms with van der Waals surface area (Å²) in [5.41, 5.74) is -0.627. The highest BCUT2D eigenvalue weighted by atomic mass is 35.5. The fourth-order valence-corrected chi connectivity index (χ4v) is 2.81. The zero-order valence-corrected chi connectivity index (χ0v) is 12.4. The van der Waals surface area contributed by atoms with E-state index in [1.165, 1.54) is 0 Å². The molecular weight excluding hydrogens is 296 g/mol. The molecule has 21 heavy (non-hydrogen) atoms. The van der Waals surface area contributed by atoms with Gasteiger partial charge in [-0.1, -0.05) is 11.6 Å². The van der Waals surface area contributed by atoms with Crippen LogP contribution in [0, 0.1) is 5.41 Å². The van der Waals surface area contributed by atoms with E-state index in [-0.39, 0.29) is 19.1 Å². The van der Waals surface area contributed by atoms with Crippen LogP contribution in [0.5, 0.6) is 0 Å². The van der Waals surface area contributed by atoms with Gasteiger partial charge in [0.15, 0.2) is 0 Å². The van der Waals surface area contributed by atoms with Crippen molar-refractivity contribution in [3.8, 4) is 0 Å². The summed E-state index contributed by atoms with van der Waals surface area (Å²) in [6.45, 7) is 1.88. The van der Waals surface area contributed by atoms with Gasteiger partial charge in [0.25, 0.3) is 5.91 Å². The minimum Gasteiger partial charge on any atom is -0.481 e. The third-order valence-electron chi connectivity index (χ3n) is 4.24. The molecule has 1 saturated carbocycles. The van der Waals surface area contributed by atoms with E-state index in [1.54, 1.807) is 19.2 Å². The molecule has 0 spiro atoms. The van der Waals surface area contributed by atoms with Gasteiger partial charge in [-0.05, 0) is 25.8 Å². The Balaban J connectivity index is 1.79. The van der Waals surface area contributed by atoms with Gasteiger partial charge < -0.3 is 19.7 Å². The van der Waals surface area contributed by atoms with Gasteiger partial charge in [0.2, 0.25) is 0 Å². The maximum atomic E-state index is 12.4. The third-order valence-corrected chi connectivity index (χ3v) is 4.44. The molecule has 1 aromatic rings. The van der Waals surface area contributed by atoms with Crippen molar-refractivity contribution in [3.63, 3.8) is 0 Å². The minimum atomic E-state index is -1.10. The molecule has 1 amide bonds. The molecule has 0 bridgehead atoms. The maximum Gasteiger partial charge on any atom is 0.313 e. The average molecular weight is 313 g/mol. The van der Waals surface area contributed by atoms with Crippen molar-refractivity contribution in [2.45, 2.75) is 31.8 Å². The van der Waals surface area contributed by atoms with Crippen LogP contribution < -0.4 is 5.32 Å².